The van der Waals surface area contributed by atoms with E-state index in [1.807, 2.05) is 6.07 Å². The van der Waals surface area contributed by atoms with Crippen molar-refractivity contribution in [3.8, 4) is 5.75 Å². The number of hydrogen-bond acceptors (Lipinski definition) is 2. The molecule has 0 amide bonds. The van der Waals surface area contributed by atoms with Gasteiger partial charge < -0.3 is 10.1 Å². The third-order valence-corrected chi connectivity index (χ3v) is 4.01. The Kier molecular flexibility index (Phi) is 3.75. The molecule has 1 heterocycles. The van der Waals surface area contributed by atoms with Crippen LogP contribution in [0.3, 0.4) is 0 Å². The first-order valence-corrected chi connectivity index (χ1v) is 7.25. The summed E-state index contributed by atoms with van der Waals surface area (Å²) in [5, 5.41) is 3.63. The van der Waals surface area contributed by atoms with Crippen molar-refractivity contribution >= 4 is 0 Å². The summed E-state index contributed by atoms with van der Waals surface area (Å²) >= 11 is 0. The van der Waals surface area contributed by atoms with Gasteiger partial charge in [0.15, 0.2) is 0 Å². The van der Waals surface area contributed by atoms with Crippen LogP contribution in [0.25, 0.3) is 0 Å². The summed E-state index contributed by atoms with van der Waals surface area (Å²) < 4.78 is 5.73. The van der Waals surface area contributed by atoms with Crippen molar-refractivity contribution in [3.63, 3.8) is 0 Å². The molecular formula is C18H21NO. The summed E-state index contributed by atoms with van der Waals surface area (Å²) in [5.74, 6) is 1.50. The molecule has 2 aromatic carbocycles. The number of para-hydroxylation sites is 1. The number of aryl methyl sites for hydroxylation is 1. The first-order valence-electron chi connectivity index (χ1n) is 7.25. The molecule has 1 unspecified atom stereocenters. The fourth-order valence-electron chi connectivity index (χ4n) is 2.77. The summed E-state index contributed by atoms with van der Waals surface area (Å²) in [6.45, 7) is 6.09. The Hall–Kier alpha value is -1.80. The van der Waals surface area contributed by atoms with E-state index in [4.69, 9.17) is 4.74 Å². The Balaban J connectivity index is 1.63. The smallest absolute Gasteiger partial charge is 0.122 e. The zero-order valence-corrected chi connectivity index (χ0v) is 12.1. The molecule has 1 aliphatic rings. The highest BCUT2D eigenvalue weighted by molar-refractivity contribution is 5.39. The van der Waals surface area contributed by atoms with Crippen molar-refractivity contribution in [1.29, 1.82) is 0 Å². The monoisotopic (exact) mass is 267 g/mol. The van der Waals surface area contributed by atoms with Gasteiger partial charge in [0.1, 0.15) is 5.75 Å². The summed E-state index contributed by atoms with van der Waals surface area (Å²) in [5.41, 5.74) is 3.99. The SMILES string of the molecule is Cc1cccc([C@@H](C)NCC2COc3ccccc32)c1. The summed E-state index contributed by atoms with van der Waals surface area (Å²) in [4.78, 5) is 0. The molecule has 1 aliphatic heterocycles. The lowest BCUT2D eigenvalue weighted by Gasteiger charge is -2.17. The molecular weight excluding hydrogens is 246 g/mol. The van der Waals surface area contributed by atoms with Crippen molar-refractivity contribution < 1.29 is 4.74 Å². The molecule has 2 heteroatoms. The number of fused-ring (bicyclic) bond motifs is 1. The van der Waals surface area contributed by atoms with Gasteiger partial charge in [-0.15, -0.1) is 0 Å². The zero-order chi connectivity index (χ0) is 13.9. The lowest BCUT2D eigenvalue weighted by molar-refractivity contribution is 0.323. The molecule has 3 rings (SSSR count). The van der Waals surface area contributed by atoms with Crippen LogP contribution in [0.1, 0.15) is 35.6 Å². The van der Waals surface area contributed by atoms with Crippen LogP contribution in [0, 0.1) is 6.92 Å². The second-order valence-electron chi connectivity index (χ2n) is 5.59. The van der Waals surface area contributed by atoms with Gasteiger partial charge in [0, 0.05) is 24.1 Å². The molecule has 1 N–H and O–H groups in total. The van der Waals surface area contributed by atoms with E-state index in [0.29, 0.717) is 12.0 Å². The second-order valence-corrected chi connectivity index (χ2v) is 5.59. The molecule has 0 saturated carbocycles. The fraction of sp³-hybridized carbons (Fsp3) is 0.333. The van der Waals surface area contributed by atoms with Crippen LogP contribution in [0.4, 0.5) is 0 Å². The highest BCUT2D eigenvalue weighted by Gasteiger charge is 2.23. The Morgan fingerprint density at radius 2 is 2.05 bits per heavy atom. The Morgan fingerprint density at radius 1 is 1.20 bits per heavy atom. The second kappa shape index (κ2) is 5.68. The minimum absolute atomic E-state index is 0.364. The van der Waals surface area contributed by atoms with E-state index in [9.17, 15) is 0 Å². The molecule has 0 saturated heterocycles. The van der Waals surface area contributed by atoms with Crippen LogP contribution in [-0.2, 0) is 0 Å². The van der Waals surface area contributed by atoms with E-state index >= 15 is 0 Å². The van der Waals surface area contributed by atoms with E-state index < -0.39 is 0 Å². The molecule has 2 atom stereocenters. The van der Waals surface area contributed by atoms with E-state index in [1.165, 1.54) is 16.7 Å². The standard InChI is InChI=1S/C18H21NO/c1-13-6-5-7-15(10-13)14(2)19-11-16-12-20-18-9-4-3-8-17(16)18/h3-10,14,16,19H,11-12H2,1-2H3/t14-,16?/m1/s1. The molecule has 0 spiro atoms. The maximum absolute atomic E-state index is 5.73. The van der Waals surface area contributed by atoms with Gasteiger partial charge in [0.2, 0.25) is 0 Å². The van der Waals surface area contributed by atoms with E-state index in [1.54, 1.807) is 0 Å². The van der Waals surface area contributed by atoms with E-state index in [2.05, 4.69) is 61.6 Å². The van der Waals surface area contributed by atoms with Crippen LogP contribution in [-0.4, -0.2) is 13.2 Å². The summed E-state index contributed by atoms with van der Waals surface area (Å²) in [6.07, 6.45) is 0. The Morgan fingerprint density at radius 3 is 2.90 bits per heavy atom. The predicted octanol–water partition coefficient (Wildman–Crippen LogP) is 3.82. The largest absolute Gasteiger partial charge is 0.493 e. The highest BCUT2D eigenvalue weighted by Crippen LogP contribution is 2.33. The quantitative estimate of drug-likeness (QED) is 0.909. The summed E-state index contributed by atoms with van der Waals surface area (Å²) in [6, 6.07) is 17.4. The lowest BCUT2D eigenvalue weighted by Crippen LogP contribution is -2.25. The van der Waals surface area contributed by atoms with Crippen molar-refractivity contribution in [3.05, 3.63) is 65.2 Å². The first kappa shape index (κ1) is 13.2. The van der Waals surface area contributed by atoms with Gasteiger partial charge in [0.25, 0.3) is 0 Å². The molecule has 0 radical (unpaired) electrons. The maximum atomic E-state index is 5.73. The average Bonchev–Trinajstić information content (AvgIpc) is 2.88. The maximum Gasteiger partial charge on any atom is 0.122 e. The van der Waals surface area contributed by atoms with Gasteiger partial charge in [-0.2, -0.15) is 0 Å². The van der Waals surface area contributed by atoms with E-state index in [-0.39, 0.29) is 0 Å². The van der Waals surface area contributed by atoms with Gasteiger partial charge in [-0.05, 0) is 25.5 Å². The fourth-order valence-corrected chi connectivity index (χ4v) is 2.77. The molecule has 2 aromatic rings. The van der Waals surface area contributed by atoms with Crippen molar-refractivity contribution in [1.82, 2.24) is 5.32 Å². The van der Waals surface area contributed by atoms with Gasteiger partial charge >= 0.3 is 0 Å². The predicted molar refractivity (Wildman–Crippen MR) is 82.3 cm³/mol. The summed E-state index contributed by atoms with van der Waals surface area (Å²) in [7, 11) is 0. The Bertz CT molecular complexity index is 593. The highest BCUT2D eigenvalue weighted by atomic mass is 16.5. The number of hydrogen-bond donors (Lipinski definition) is 1. The van der Waals surface area contributed by atoms with Crippen molar-refractivity contribution in [2.45, 2.75) is 25.8 Å². The van der Waals surface area contributed by atoms with Crippen molar-refractivity contribution in [2.24, 2.45) is 0 Å². The van der Waals surface area contributed by atoms with Gasteiger partial charge in [-0.3, -0.25) is 0 Å². The third kappa shape index (κ3) is 2.70. The number of rotatable bonds is 4. The Labute approximate surface area is 120 Å². The first-order chi connectivity index (χ1) is 9.74. The minimum Gasteiger partial charge on any atom is -0.493 e. The van der Waals surface area contributed by atoms with Crippen molar-refractivity contribution in [2.75, 3.05) is 13.2 Å². The van der Waals surface area contributed by atoms with Gasteiger partial charge in [-0.1, -0.05) is 48.0 Å². The van der Waals surface area contributed by atoms with Gasteiger partial charge in [0.05, 0.1) is 6.61 Å². The van der Waals surface area contributed by atoms with E-state index in [0.717, 1.165) is 18.9 Å². The third-order valence-electron chi connectivity index (χ3n) is 4.01. The number of nitrogens with one attached hydrogen (secondary N) is 1. The van der Waals surface area contributed by atoms with Crippen LogP contribution < -0.4 is 10.1 Å². The van der Waals surface area contributed by atoms with Crippen LogP contribution in [0.5, 0.6) is 5.75 Å². The topological polar surface area (TPSA) is 21.3 Å². The minimum atomic E-state index is 0.364. The van der Waals surface area contributed by atoms with Gasteiger partial charge in [-0.25, -0.2) is 0 Å². The number of benzene rings is 2. The van der Waals surface area contributed by atoms with Crippen LogP contribution >= 0.6 is 0 Å². The number of ether oxygens (including phenoxy) is 1. The molecule has 0 fully saturated rings. The van der Waals surface area contributed by atoms with Crippen LogP contribution in [0.15, 0.2) is 48.5 Å². The molecule has 2 nitrogen and oxygen atoms in total. The molecule has 0 aliphatic carbocycles. The average molecular weight is 267 g/mol. The van der Waals surface area contributed by atoms with Crippen LogP contribution in [0.2, 0.25) is 0 Å². The lowest BCUT2D eigenvalue weighted by atomic mass is 10.00. The molecule has 0 aromatic heterocycles. The zero-order valence-electron chi connectivity index (χ0n) is 12.1. The molecule has 0 bridgehead atoms. The molecule has 104 valence electrons. The molecule has 20 heavy (non-hydrogen) atoms. The normalized spacial score (nSPS) is 18.4.